The maximum atomic E-state index is 14.3. The number of pyridine rings is 1. The first kappa shape index (κ1) is 17.1. The van der Waals surface area contributed by atoms with Crippen LogP contribution in [0, 0.1) is 17.1 Å². The van der Waals surface area contributed by atoms with Crippen LogP contribution in [0.25, 0.3) is 11.1 Å². The molecule has 0 radical (unpaired) electrons. The largest absolute Gasteiger partial charge is 0.465 e. The van der Waals surface area contributed by atoms with E-state index in [4.69, 9.17) is 0 Å². The van der Waals surface area contributed by atoms with Crippen molar-refractivity contribution in [2.45, 2.75) is 13.0 Å². The Morgan fingerprint density at radius 3 is 2.81 bits per heavy atom. The lowest BCUT2D eigenvalue weighted by Gasteiger charge is -2.33. The lowest BCUT2D eigenvalue weighted by Crippen LogP contribution is -2.49. The molecule has 7 nitrogen and oxygen atoms in total. The van der Waals surface area contributed by atoms with Gasteiger partial charge in [0.1, 0.15) is 11.9 Å². The van der Waals surface area contributed by atoms with Crippen molar-refractivity contribution in [3.05, 3.63) is 65.4 Å². The van der Waals surface area contributed by atoms with Gasteiger partial charge in [-0.3, -0.25) is 4.98 Å². The summed E-state index contributed by atoms with van der Waals surface area (Å²) in [5.41, 5.74) is 1.32. The number of amides is 3. The number of nitriles is 1. The molecule has 0 bridgehead atoms. The van der Waals surface area contributed by atoms with Gasteiger partial charge in [-0.2, -0.15) is 5.26 Å². The van der Waals surface area contributed by atoms with Crippen molar-refractivity contribution in [1.82, 2.24) is 15.2 Å². The standard InChI is InChI=1S/C18H13FN4O3/c1-10-14(8-20)16(23(18(25)26)17(24)22-10)11-4-5-15(19)13(7-11)12-3-2-6-21-9-12/h2-7,9,16H,1H3,(H,22,24)(H,25,26). The molecule has 0 fully saturated rings. The highest BCUT2D eigenvalue weighted by atomic mass is 19.1. The molecule has 1 aromatic carbocycles. The van der Waals surface area contributed by atoms with Gasteiger partial charge in [-0.25, -0.2) is 18.9 Å². The summed E-state index contributed by atoms with van der Waals surface area (Å²) in [6.07, 6.45) is 1.50. The van der Waals surface area contributed by atoms with Gasteiger partial charge in [-0.15, -0.1) is 0 Å². The van der Waals surface area contributed by atoms with Crippen LogP contribution in [-0.2, 0) is 0 Å². The van der Waals surface area contributed by atoms with Gasteiger partial charge < -0.3 is 10.4 Å². The summed E-state index contributed by atoms with van der Waals surface area (Å²) in [6.45, 7) is 1.51. The van der Waals surface area contributed by atoms with Gasteiger partial charge in [0.25, 0.3) is 0 Å². The van der Waals surface area contributed by atoms with Gasteiger partial charge in [-0.1, -0.05) is 12.1 Å². The molecule has 1 aliphatic rings. The minimum Gasteiger partial charge on any atom is -0.465 e. The predicted octanol–water partition coefficient (Wildman–Crippen LogP) is 3.43. The van der Waals surface area contributed by atoms with Crippen LogP contribution in [0.2, 0.25) is 0 Å². The third-order valence-electron chi connectivity index (χ3n) is 4.05. The number of benzene rings is 1. The zero-order valence-corrected chi connectivity index (χ0v) is 13.6. The molecule has 0 spiro atoms. The summed E-state index contributed by atoms with van der Waals surface area (Å²) in [7, 11) is 0. The maximum absolute atomic E-state index is 14.3. The summed E-state index contributed by atoms with van der Waals surface area (Å²) >= 11 is 0. The van der Waals surface area contributed by atoms with Crippen LogP contribution in [0.3, 0.4) is 0 Å². The molecule has 3 rings (SSSR count). The Balaban J connectivity index is 2.20. The van der Waals surface area contributed by atoms with Crippen molar-refractivity contribution < 1.29 is 19.1 Å². The molecule has 2 heterocycles. The molecular formula is C18H13FN4O3. The second-order valence-corrected chi connectivity index (χ2v) is 5.62. The van der Waals surface area contributed by atoms with Crippen LogP contribution in [-0.4, -0.2) is 27.1 Å². The number of hydrogen-bond acceptors (Lipinski definition) is 4. The fourth-order valence-corrected chi connectivity index (χ4v) is 2.85. The van der Waals surface area contributed by atoms with E-state index in [2.05, 4.69) is 10.3 Å². The second-order valence-electron chi connectivity index (χ2n) is 5.62. The summed E-state index contributed by atoms with van der Waals surface area (Å²) in [5.74, 6) is -0.525. The Morgan fingerprint density at radius 2 is 2.19 bits per heavy atom. The third-order valence-corrected chi connectivity index (χ3v) is 4.05. The number of allylic oxidation sites excluding steroid dienone is 1. The van der Waals surface area contributed by atoms with Crippen LogP contribution in [0.4, 0.5) is 14.0 Å². The number of nitrogens with one attached hydrogen (secondary N) is 1. The summed E-state index contributed by atoms with van der Waals surface area (Å²) in [4.78, 5) is 28.2. The van der Waals surface area contributed by atoms with E-state index in [0.717, 1.165) is 0 Å². The molecule has 1 atom stereocenters. The molecule has 2 N–H and O–H groups in total. The number of carboxylic acid groups (broad SMARTS) is 1. The van der Waals surface area contributed by atoms with Crippen molar-refractivity contribution >= 4 is 12.1 Å². The fourth-order valence-electron chi connectivity index (χ4n) is 2.85. The molecular weight excluding hydrogens is 339 g/mol. The topological polar surface area (TPSA) is 106 Å². The van der Waals surface area contributed by atoms with E-state index >= 15 is 0 Å². The van der Waals surface area contributed by atoms with Crippen molar-refractivity contribution in [2.75, 3.05) is 0 Å². The SMILES string of the molecule is CC1=C(C#N)C(c2ccc(F)c(-c3cccnc3)c2)N(C(=O)O)C(=O)N1. The van der Waals surface area contributed by atoms with E-state index in [1.165, 1.54) is 31.3 Å². The Kier molecular flexibility index (Phi) is 4.37. The van der Waals surface area contributed by atoms with Gasteiger partial charge in [-0.05, 0) is 30.7 Å². The van der Waals surface area contributed by atoms with Gasteiger partial charge >= 0.3 is 12.1 Å². The zero-order valence-electron chi connectivity index (χ0n) is 13.6. The lowest BCUT2D eigenvalue weighted by atomic mass is 9.92. The smallest absolute Gasteiger partial charge is 0.416 e. The van der Waals surface area contributed by atoms with Crippen LogP contribution >= 0.6 is 0 Å². The molecule has 8 heteroatoms. The molecule has 1 unspecified atom stereocenters. The average Bonchev–Trinajstić information content (AvgIpc) is 2.62. The lowest BCUT2D eigenvalue weighted by molar-refractivity contribution is 0.136. The highest BCUT2D eigenvalue weighted by Crippen LogP contribution is 2.35. The minimum absolute atomic E-state index is 0.0655. The predicted molar refractivity (Wildman–Crippen MR) is 89.1 cm³/mol. The molecule has 2 aromatic rings. The van der Waals surface area contributed by atoms with E-state index in [-0.39, 0.29) is 16.8 Å². The Labute approximate surface area is 148 Å². The third kappa shape index (κ3) is 2.86. The first-order valence-corrected chi connectivity index (χ1v) is 7.58. The van der Waals surface area contributed by atoms with Crippen LogP contribution in [0.15, 0.2) is 54.0 Å². The van der Waals surface area contributed by atoms with Crippen LogP contribution in [0.5, 0.6) is 0 Å². The van der Waals surface area contributed by atoms with Crippen LogP contribution in [0.1, 0.15) is 18.5 Å². The normalized spacial score (nSPS) is 16.9. The minimum atomic E-state index is -1.51. The van der Waals surface area contributed by atoms with E-state index in [1.807, 2.05) is 6.07 Å². The molecule has 0 saturated heterocycles. The molecule has 26 heavy (non-hydrogen) atoms. The number of imide groups is 1. The molecule has 1 aromatic heterocycles. The highest BCUT2D eigenvalue weighted by molar-refractivity contribution is 5.93. The average molecular weight is 352 g/mol. The quantitative estimate of drug-likeness (QED) is 0.861. The second kappa shape index (κ2) is 6.64. The van der Waals surface area contributed by atoms with E-state index in [9.17, 15) is 24.3 Å². The molecule has 130 valence electrons. The van der Waals surface area contributed by atoms with Crippen molar-refractivity contribution in [3.8, 4) is 17.2 Å². The highest BCUT2D eigenvalue weighted by Gasteiger charge is 2.39. The maximum Gasteiger partial charge on any atom is 0.416 e. The number of aromatic nitrogens is 1. The van der Waals surface area contributed by atoms with Crippen molar-refractivity contribution in [3.63, 3.8) is 0 Å². The van der Waals surface area contributed by atoms with Crippen molar-refractivity contribution in [2.24, 2.45) is 0 Å². The van der Waals surface area contributed by atoms with Gasteiger partial charge in [0, 0.05) is 29.2 Å². The number of carbonyl (C=O) groups excluding carboxylic acids is 1. The monoisotopic (exact) mass is 352 g/mol. The molecule has 0 aliphatic carbocycles. The number of rotatable bonds is 2. The fraction of sp³-hybridized carbons (Fsp3) is 0.111. The first-order chi connectivity index (χ1) is 12.4. The van der Waals surface area contributed by atoms with E-state index in [1.54, 1.807) is 18.3 Å². The number of hydrogen-bond donors (Lipinski definition) is 2. The number of carbonyl (C=O) groups is 2. The Morgan fingerprint density at radius 1 is 1.42 bits per heavy atom. The van der Waals surface area contributed by atoms with Crippen molar-refractivity contribution in [1.29, 1.82) is 5.26 Å². The van der Waals surface area contributed by atoms with Gasteiger partial charge in [0.15, 0.2) is 0 Å². The Bertz CT molecular complexity index is 966. The number of halogens is 1. The Hall–Kier alpha value is -3.73. The van der Waals surface area contributed by atoms with E-state index in [0.29, 0.717) is 16.0 Å². The molecule has 0 saturated carbocycles. The van der Waals surface area contributed by atoms with E-state index < -0.39 is 24.0 Å². The van der Waals surface area contributed by atoms with Crippen LogP contribution < -0.4 is 5.32 Å². The summed E-state index contributed by atoms with van der Waals surface area (Å²) in [6, 6.07) is 7.16. The summed E-state index contributed by atoms with van der Waals surface area (Å²) < 4.78 is 14.3. The first-order valence-electron chi connectivity index (χ1n) is 7.58. The molecule has 1 aliphatic heterocycles. The zero-order chi connectivity index (χ0) is 18.8. The van der Waals surface area contributed by atoms with Gasteiger partial charge in [0.2, 0.25) is 0 Å². The van der Waals surface area contributed by atoms with Gasteiger partial charge in [0.05, 0.1) is 11.6 Å². The summed E-state index contributed by atoms with van der Waals surface area (Å²) in [5, 5.41) is 21.2. The molecule has 3 amide bonds. The number of urea groups is 1. The number of nitrogens with zero attached hydrogens (tertiary/aromatic N) is 3.